The molecule has 0 radical (unpaired) electrons. The molecule has 1 aliphatic heterocycles. The first-order chi connectivity index (χ1) is 10.2. The van der Waals surface area contributed by atoms with Crippen LogP contribution < -0.4 is 4.74 Å². The number of hydrogen-bond acceptors (Lipinski definition) is 4. The number of rotatable bonds is 2. The van der Waals surface area contributed by atoms with Crippen molar-refractivity contribution in [1.82, 2.24) is 9.55 Å². The summed E-state index contributed by atoms with van der Waals surface area (Å²) in [4.78, 5) is 17.0. The topological polar surface area (TPSA) is 64.4 Å². The maximum absolute atomic E-state index is 12.6. The number of nitrogens with zero attached hydrogens (tertiary/aromatic N) is 2. The fourth-order valence-corrected chi connectivity index (χ4v) is 3.16. The van der Waals surface area contributed by atoms with Crippen LogP contribution in [0.4, 0.5) is 0 Å². The Hall–Kier alpha value is -2.40. The molecule has 0 spiro atoms. The van der Waals surface area contributed by atoms with Gasteiger partial charge in [0.15, 0.2) is 0 Å². The Morgan fingerprint density at radius 1 is 1.38 bits per heavy atom. The molecule has 106 valence electrons. The van der Waals surface area contributed by atoms with E-state index in [1.807, 2.05) is 24.3 Å². The van der Waals surface area contributed by atoms with E-state index in [0.717, 1.165) is 27.5 Å². The van der Waals surface area contributed by atoms with Gasteiger partial charge in [0.2, 0.25) is 5.91 Å². The Labute approximate surface area is 120 Å². The standard InChI is InChI=1S/C16H14N2O3/c1-21-10-2-3-11-12-4-5-17-13-6-9(8-19)16(20)18(15(12)13)14(11)7-10/h2-5,7,9,19H,6,8H2,1H3. The first-order valence-electron chi connectivity index (χ1n) is 6.85. The molecule has 1 aromatic carbocycles. The van der Waals surface area contributed by atoms with Gasteiger partial charge in [0.1, 0.15) is 5.75 Å². The molecule has 0 saturated carbocycles. The molecule has 0 bridgehead atoms. The first-order valence-corrected chi connectivity index (χ1v) is 6.85. The number of methoxy groups -OCH3 is 1. The zero-order valence-electron chi connectivity index (χ0n) is 11.5. The molecule has 2 aromatic heterocycles. The lowest BCUT2D eigenvalue weighted by atomic mass is 9.98. The van der Waals surface area contributed by atoms with Crippen molar-refractivity contribution in [2.45, 2.75) is 6.42 Å². The summed E-state index contributed by atoms with van der Waals surface area (Å²) in [6.07, 6.45) is 2.25. The van der Waals surface area contributed by atoms with Gasteiger partial charge < -0.3 is 9.84 Å². The van der Waals surface area contributed by atoms with Crippen LogP contribution in [0.15, 0.2) is 30.5 Å². The number of carbonyl (C=O) groups is 1. The van der Waals surface area contributed by atoms with E-state index < -0.39 is 5.92 Å². The van der Waals surface area contributed by atoms with Crippen molar-refractivity contribution in [3.8, 4) is 5.75 Å². The minimum atomic E-state index is -0.433. The normalized spacial score (nSPS) is 17.6. The zero-order chi connectivity index (χ0) is 14.6. The lowest BCUT2D eigenvalue weighted by Crippen LogP contribution is -2.31. The summed E-state index contributed by atoms with van der Waals surface area (Å²) in [5.41, 5.74) is 2.53. The summed E-state index contributed by atoms with van der Waals surface area (Å²) in [7, 11) is 1.60. The van der Waals surface area contributed by atoms with Crippen LogP contribution in [0.3, 0.4) is 0 Å². The van der Waals surface area contributed by atoms with Gasteiger partial charge in [0.05, 0.1) is 36.4 Å². The Bertz CT molecular complexity index is 882. The molecule has 0 amide bonds. The molecule has 0 fully saturated rings. The number of benzene rings is 1. The summed E-state index contributed by atoms with van der Waals surface area (Å²) >= 11 is 0. The Morgan fingerprint density at radius 3 is 3.00 bits per heavy atom. The second kappa shape index (κ2) is 4.30. The molecular weight excluding hydrogens is 268 g/mol. The van der Waals surface area contributed by atoms with Crippen molar-refractivity contribution >= 4 is 27.7 Å². The summed E-state index contributed by atoms with van der Waals surface area (Å²) < 4.78 is 6.95. The second-order valence-electron chi connectivity index (χ2n) is 5.29. The molecule has 1 unspecified atom stereocenters. The highest BCUT2D eigenvalue weighted by atomic mass is 16.5. The van der Waals surface area contributed by atoms with Gasteiger partial charge in [-0.15, -0.1) is 0 Å². The number of aromatic nitrogens is 2. The predicted molar refractivity (Wildman–Crippen MR) is 78.7 cm³/mol. The van der Waals surface area contributed by atoms with E-state index in [4.69, 9.17) is 4.74 Å². The van der Waals surface area contributed by atoms with Gasteiger partial charge in [-0.1, -0.05) is 0 Å². The van der Waals surface area contributed by atoms with E-state index in [1.165, 1.54) is 0 Å². The van der Waals surface area contributed by atoms with Crippen molar-refractivity contribution in [2.24, 2.45) is 5.92 Å². The van der Waals surface area contributed by atoms with E-state index in [9.17, 15) is 9.90 Å². The number of pyridine rings is 1. The van der Waals surface area contributed by atoms with Gasteiger partial charge in [0, 0.05) is 29.5 Å². The van der Waals surface area contributed by atoms with Gasteiger partial charge in [-0.2, -0.15) is 0 Å². The Kier molecular flexibility index (Phi) is 2.53. The average Bonchev–Trinajstić information content (AvgIpc) is 2.86. The maximum atomic E-state index is 12.6. The van der Waals surface area contributed by atoms with Crippen LogP contribution in [0.1, 0.15) is 10.5 Å². The Balaban J connectivity index is 2.18. The van der Waals surface area contributed by atoms with Crippen molar-refractivity contribution in [1.29, 1.82) is 0 Å². The van der Waals surface area contributed by atoms with E-state index in [-0.39, 0.29) is 12.5 Å². The smallest absolute Gasteiger partial charge is 0.237 e. The van der Waals surface area contributed by atoms with E-state index in [0.29, 0.717) is 12.2 Å². The monoisotopic (exact) mass is 282 g/mol. The summed E-state index contributed by atoms with van der Waals surface area (Å²) in [5, 5.41) is 11.5. The van der Waals surface area contributed by atoms with Crippen LogP contribution in [0, 0.1) is 5.92 Å². The van der Waals surface area contributed by atoms with Crippen molar-refractivity contribution in [3.63, 3.8) is 0 Å². The largest absolute Gasteiger partial charge is 0.497 e. The number of aliphatic hydroxyl groups excluding tert-OH is 1. The number of fused-ring (bicyclic) bond motifs is 3. The lowest BCUT2D eigenvalue weighted by molar-refractivity contribution is 0.0772. The van der Waals surface area contributed by atoms with Gasteiger partial charge in [-0.25, -0.2) is 0 Å². The summed E-state index contributed by atoms with van der Waals surface area (Å²) in [6, 6.07) is 7.63. The highest BCUT2D eigenvalue weighted by Gasteiger charge is 2.31. The van der Waals surface area contributed by atoms with Crippen molar-refractivity contribution in [2.75, 3.05) is 13.7 Å². The van der Waals surface area contributed by atoms with E-state index in [2.05, 4.69) is 4.98 Å². The molecule has 5 nitrogen and oxygen atoms in total. The quantitative estimate of drug-likeness (QED) is 0.781. The number of carbonyl (C=O) groups excluding carboxylic acids is 1. The van der Waals surface area contributed by atoms with Gasteiger partial charge in [-0.05, 0) is 18.2 Å². The minimum absolute atomic E-state index is 0.0775. The average molecular weight is 282 g/mol. The molecule has 1 atom stereocenters. The number of hydrogen-bond donors (Lipinski definition) is 1. The van der Waals surface area contributed by atoms with Crippen molar-refractivity contribution in [3.05, 3.63) is 36.2 Å². The SMILES string of the molecule is COc1ccc2c3ccnc4c3n(c2c1)C(=O)C(CO)C4. The minimum Gasteiger partial charge on any atom is -0.497 e. The number of aliphatic hydroxyl groups is 1. The summed E-state index contributed by atoms with van der Waals surface area (Å²) in [5.74, 6) is 0.193. The third kappa shape index (κ3) is 1.55. The molecule has 4 rings (SSSR count). The maximum Gasteiger partial charge on any atom is 0.237 e. The third-order valence-electron chi connectivity index (χ3n) is 4.19. The molecule has 1 aliphatic rings. The molecule has 0 saturated heterocycles. The molecular formula is C16H14N2O3. The van der Waals surface area contributed by atoms with Crippen LogP contribution in [0.5, 0.6) is 5.75 Å². The van der Waals surface area contributed by atoms with Crippen LogP contribution in [0.25, 0.3) is 21.8 Å². The van der Waals surface area contributed by atoms with Crippen LogP contribution in [0.2, 0.25) is 0 Å². The Morgan fingerprint density at radius 2 is 2.24 bits per heavy atom. The van der Waals surface area contributed by atoms with Gasteiger partial charge in [0.25, 0.3) is 0 Å². The fraction of sp³-hybridized carbons (Fsp3) is 0.250. The van der Waals surface area contributed by atoms with Crippen molar-refractivity contribution < 1.29 is 14.6 Å². The van der Waals surface area contributed by atoms with Crippen LogP contribution in [-0.2, 0) is 6.42 Å². The molecule has 21 heavy (non-hydrogen) atoms. The van der Waals surface area contributed by atoms with Gasteiger partial charge >= 0.3 is 0 Å². The molecule has 3 heterocycles. The first kappa shape index (κ1) is 12.3. The fourth-order valence-electron chi connectivity index (χ4n) is 3.16. The second-order valence-corrected chi connectivity index (χ2v) is 5.29. The van der Waals surface area contributed by atoms with Gasteiger partial charge in [-0.3, -0.25) is 14.3 Å². The lowest BCUT2D eigenvalue weighted by Gasteiger charge is -2.21. The van der Waals surface area contributed by atoms with Crippen LogP contribution in [-0.4, -0.2) is 34.3 Å². The number of ether oxygens (including phenoxy) is 1. The molecule has 1 N–H and O–H groups in total. The summed E-state index contributed by atoms with van der Waals surface area (Å²) in [6.45, 7) is -0.167. The third-order valence-corrected chi connectivity index (χ3v) is 4.19. The van der Waals surface area contributed by atoms with E-state index >= 15 is 0 Å². The van der Waals surface area contributed by atoms with Crippen LogP contribution >= 0.6 is 0 Å². The highest BCUT2D eigenvalue weighted by Crippen LogP contribution is 2.36. The molecule has 5 heteroatoms. The molecule has 0 aliphatic carbocycles. The predicted octanol–water partition coefficient (Wildman–Crippen LogP) is 2.00. The molecule has 3 aromatic rings. The zero-order valence-corrected chi connectivity index (χ0v) is 11.5. The van der Waals surface area contributed by atoms with E-state index in [1.54, 1.807) is 17.9 Å². The highest BCUT2D eigenvalue weighted by molar-refractivity contribution is 6.15.